The summed E-state index contributed by atoms with van der Waals surface area (Å²) in [5.74, 6) is 1.22. The van der Waals surface area contributed by atoms with E-state index in [4.69, 9.17) is 9.47 Å². The Morgan fingerprint density at radius 3 is 2.54 bits per heavy atom. The summed E-state index contributed by atoms with van der Waals surface area (Å²) in [5, 5.41) is 2.87. The number of nitrogens with zero attached hydrogens (tertiary/aromatic N) is 1. The lowest BCUT2D eigenvalue weighted by molar-refractivity contribution is -0.121. The Labute approximate surface area is 152 Å². The molecule has 136 valence electrons. The zero-order valence-electron chi connectivity index (χ0n) is 15.0. The van der Waals surface area contributed by atoms with Crippen LogP contribution in [0.2, 0.25) is 0 Å². The predicted octanol–water partition coefficient (Wildman–Crippen LogP) is 2.78. The maximum Gasteiger partial charge on any atom is 0.231 e. The lowest BCUT2D eigenvalue weighted by atomic mass is 10.2. The van der Waals surface area contributed by atoms with Crippen LogP contribution in [-0.2, 0) is 16.1 Å². The van der Waals surface area contributed by atoms with Gasteiger partial charge in [-0.2, -0.15) is 0 Å². The van der Waals surface area contributed by atoms with Crippen LogP contribution in [0, 0.1) is 6.92 Å². The van der Waals surface area contributed by atoms with Crippen molar-refractivity contribution in [3.8, 4) is 11.5 Å². The van der Waals surface area contributed by atoms with Gasteiger partial charge in [-0.25, -0.2) is 0 Å². The van der Waals surface area contributed by atoms with Gasteiger partial charge in [-0.1, -0.05) is 23.8 Å². The van der Waals surface area contributed by atoms with Gasteiger partial charge in [0.05, 0.1) is 0 Å². The lowest BCUT2D eigenvalue weighted by Gasteiger charge is -2.21. The maximum atomic E-state index is 12.2. The van der Waals surface area contributed by atoms with Crippen LogP contribution < -0.4 is 19.7 Å². The molecule has 0 spiro atoms. The molecule has 0 unspecified atom stereocenters. The van der Waals surface area contributed by atoms with E-state index in [2.05, 4.69) is 5.32 Å². The van der Waals surface area contributed by atoms with E-state index >= 15 is 0 Å². The highest BCUT2D eigenvalue weighted by atomic mass is 16.7. The Balaban J connectivity index is 1.52. The van der Waals surface area contributed by atoms with Gasteiger partial charge in [0.25, 0.3) is 0 Å². The second-order valence-corrected chi connectivity index (χ2v) is 6.22. The average molecular weight is 354 g/mol. The third-order valence-corrected chi connectivity index (χ3v) is 4.21. The van der Waals surface area contributed by atoms with Crippen LogP contribution in [0.15, 0.2) is 42.5 Å². The molecule has 6 nitrogen and oxygen atoms in total. The fraction of sp³-hybridized carbons (Fsp3) is 0.300. The molecule has 2 aromatic rings. The Bertz CT molecular complexity index is 802. The predicted molar refractivity (Wildman–Crippen MR) is 98.2 cm³/mol. The van der Waals surface area contributed by atoms with Crippen LogP contribution in [-0.4, -0.2) is 25.2 Å². The summed E-state index contributed by atoms with van der Waals surface area (Å²) >= 11 is 0. The Morgan fingerprint density at radius 2 is 1.81 bits per heavy atom. The fourth-order valence-electron chi connectivity index (χ4n) is 2.75. The minimum atomic E-state index is -0.110. The molecule has 1 aliphatic rings. The van der Waals surface area contributed by atoms with Gasteiger partial charge in [0.15, 0.2) is 11.5 Å². The first-order valence-electron chi connectivity index (χ1n) is 8.53. The summed E-state index contributed by atoms with van der Waals surface area (Å²) in [6, 6.07) is 13.3. The molecule has 0 saturated heterocycles. The molecule has 0 saturated carbocycles. The molecule has 0 aliphatic carbocycles. The molecule has 0 fully saturated rings. The molecule has 0 atom stereocenters. The number of hydrogen-bond donors (Lipinski definition) is 1. The van der Waals surface area contributed by atoms with E-state index in [1.54, 1.807) is 4.90 Å². The van der Waals surface area contributed by atoms with E-state index in [0.29, 0.717) is 18.8 Å². The summed E-state index contributed by atoms with van der Waals surface area (Å²) in [4.78, 5) is 25.7. The number of hydrogen-bond acceptors (Lipinski definition) is 4. The molecule has 1 aliphatic heterocycles. The van der Waals surface area contributed by atoms with Crippen molar-refractivity contribution in [2.45, 2.75) is 26.8 Å². The van der Waals surface area contributed by atoms with E-state index in [9.17, 15) is 9.59 Å². The van der Waals surface area contributed by atoms with E-state index in [-0.39, 0.29) is 25.0 Å². The molecule has 26 heavy (non-hydrogen) atoms. The van der Waals surface area contributed by atoms with Crippen molar-refractivity contribution in [3.05, 3.63) is 53.6 Å². The average Bonchev–Trinajstić information content (AvgIpc) is 3.09. The smallest absolute Gasteiger partial charge is 0.231 e. The van der Waals surface area contributed by atoms with Gasteiger partial charge in [-0.15, -0.1) is 0 Å². The molecule has 0 bridgehead atoms. The largest absolute Gasteiger partial charge is 0.454 e. The number of carbonyl (C=O) groups is 2. The van der Waals surface area contributed by atoms with E-state index in [1.807, 2.05) is 49.4 Å². The number of aryl methyl sites for hydroxylation is 1. The normalized spacial score (nSPS) is 11.9. The van der Waals surface area contributed by atoms with Crippen molar-refractivity contribution >= 4 is 17.5 Å². The van der Waals surface area contributed by atoms with E-state index in [0.717, 1.165) is 22.6 Å². The zero-order chi connectivity index (χ0) is 18.5. The molecule has 0 radical (unpaired) electrons. The lowest BCUT2D eigenvalue weighted by Crippen LogP contribution is -2.33. The van der Waals surface area contributed by atoms with Crippen LogP contribution >= 0.6 is 0 Å². The highest BCUT2D eigenvalue weighted by molar-refractivity contribution is 5.92. The van der Waals surface area contributed by atoms with Crippen molar-refractivity contribution in [1.82, 2.24) is 5.32 Å². The summed E-state index contributed by atoms with van der Waals surface area (Å²) in [5.41, 5.74) is 2.86. The molecular formula is C20H22N2O4. The number of amides is 2. The van der Waals surface area contributed by atoms with Crippen molar-refractivity contribution in [3.63, 3.8) is 0 Å². The minimum absolute atomic E-state index is 0.0857. The molecular weight excluding hydrogens is 332 g/mol. The molecule has 1 heterocycles. The van der Waals surface area contributed by atoms with Crippen LogP contribution in [0.4, 0.5) is 5.69 Å². The third-order valence-electron chi connectivity index (χ3n) is 4.21. The van der Waals surface area contributed by atoms with Gasteiger partial charge in [-0.05, 0) is 36.8 Å². The Morgan fingerprint density at radius 1 is 1.08 bits per heavy atom. The fourth-order valence-corrected chi connectivity index (χ4v) is 2.75. The first-order chi connectivity index (χ1) is 12.5. The number of rotatable bonds is 6. The number of carbonyl (C=O) groups excluding carboxylic acids is 2. The van der Waals surface area contributed by atoms with Gasteiger partial charge in [0.2, 0.25) is 18.6 Å². The van der Waals surface area contributed by atoms with Gasteiger partial charge >= 0.3 is 0 Å². The SMILES string of the molecule is CC(=O)N(CCC(=O)NCc1ccc2c(c1)OCO2)c1ccc(C)cc1. The summed E-state index contributed by atoms with van der Waals surface area (Å²) in [6.07, 6.45) is 0.234. The summed E-state index contributed by atoms with van der Waals surface area (Å²) < 4.78 is 10.6. The topological polar surface area (TPSA) is 67.9 Å². The molecule has 3 rings (SSSR count). The molecule has 2 amide bonds. The van der Waals surface area contributed by atoms with E-state index in [1.165, 1.54) is 6.92 Å². The molecule has 6 heteroatoms. The van der Waals surface area contributed by atoms with E-state index < -0.39 is 0 Å². The first kappa shape index (κ1) is 17.8. The minimum Gasteiger partial charge on any atom is -0.454 e. The summed E-state index contributed by atoms with van der Waals surface area (Å²) in [6.45, 7) is 4.46. The monoisotopic (exact) mass is 354 g/mol. The molecule has 0 aromatic heterocycles. The Kier molecular flexibility index (Phi) is 5.41. The summed E-state index contributed by atoms with van der Waals surface area (Å²) in [7, 11) is 0. The highest BCUT2D eigenvalue weighted by Crippen LogP contribution is 2.32. The number of nitrogens with one attached hydrogen (secondary N) is 1. The van der Waals surface area contributed by atoms with Crippen molar-refractivity contribution < 1.29 is 19.1 Å². The van der Waals surface area contributed by atoms with Gasteiger partial charge in [-0.3, -0.25) is 9.59 Å². The zero-order valence-corrected chi connectivity index (χ0v) is 15.0. The van der Waals surface area contributed by atoms with Gasteiger partial charge in [0.1, 0.15) is 0 Å². The first-order valence-corrected chi connectivity index (χ1v) is 8.53. The van der Waals surface area contributed by atoms with Crippen molar-refractivity contribution in [2.75, 3.05) is 18.2 Å². The van der Waals surface area contributed by atoms with Crippen LogP contribution in [0.1, 0.15) is 24.5 Å². The number of ether oxygens (including phenoxy) is 2. The van der Waals surface area contributed by atoms with Crippen molar-refractivity contribution in [1.29, 1.82) is 0 Å². The van der Waals surface area contributed by atoms with Crippen LogP contribution in [0.5, 0.6) is 11.5 Å². The number of anilines is 1. The highest BCUT2D eigenvalue weighted by Gasteiger charge is 2.15. The quantitative estimate of drug-likeness (QED) is 0.866. The standard InChI is InChI=1S/C20H22N2O4/c1-14-3-6-17(7-4-14)22(15(2)23)10-9-20(24)21-12-16-5-8-18-19(11-16)26-13-25-18/h3-8,11H,9-10,12-13H2,1-2H3,(H,21,24). The Hall–Kier alpha value is -3.02. The van der Waals surface area contributed by atoms with Gasteiger partial charge in [0, 0.05) is 32.1 Å². The second-order valence-electron chi connectivity index (χ2n) is 6.22. The molecule has 2 aromatic carbocycles. The van der Waals surface area contributed by atoms with Gasteiger partial charge < -0.3 is 19.7 Å². The number of fused-ring (bicyclic) bond motifs is 1. The van der Waals surface area contributed by atoms with Crippen molar-refractivity contribution in [2.24, 2.45) is 0 Å². The third kappa shape index (κ3) is 4.33. The second kappa shape index (κ2) is 7.91. The van der Waals surface area contributed by atoms with Crippen LogP contribution in [0.25, 0.3) is 0 Å². The number of benzene rings is 2. The maximum absolute atomic E-state index is 12.2. The van der Waals surface area contributed by atoms with Crippen LogP contribution in [0.3, 0.4) is 0 Å². The molecule has 1 N–H and O–H groups in total.